The van der Waals surface area contributed by atoms with E-state index in [1.54, 1.807) is 42.1 Å². The first kappa shape index (κ1) is 19.3. The lowest BCUT2D eigenvalue weighted by molar-refractivity contribution is -0.122. The molecule has 128 valence electrons. The monoisotopic (exact) mass is 403 g/mol. The van der Waals surface area contributed by atoms with Gasteiger partial charge in [-0.15, -0.1) is 0 Å². The van der Waals surface area contributed by atoms with Crippen LogP contribution >= 0.6 is 46.6 Å². The zero-order chi connectivity index (χ0) is 17.4. The summed E-state index contributed by atoms with van der Waals surface area (Å²) in [6.07, 6.45) is 0. The van der Waals surface area contributed by atoms with Gasteiger partial charge in [0.2, 0.25) is 0 Å². The van der Waals surface area contributed by atoms with E-state index in [-0.39, 0.29) is 12.5 Å². The van der Waals surface area contributed by atoms with Crippen molar-refractivity contribution in [2.24, 2.45) is 0 Å². The molecule has 0 saturated heterocycles. The molecule has 0 aromatic heterocycles. The van der Waals surface area contributed by atoms with Crippen molar-refractivity contribution >= 4 is 52.5 Å². The first-order chi connectivity index (χ1) is 11.6. The Hall–Kier alpha value is -1.07. The van der Waals surface area contributed by atoms with Gasteiger partial charge in [0, 0.05) is 18.1 Å². The van der Waals surface area contributed by atoms with Crippen molar-refractivity contribution < 1.29 is 9.53 Å². The van der Waals surface area contributed by atoms with E-state index in [0.29, 0.717) is 27.4 Å². The van der Waals surface area contributed by atoms with Crippen molar-refractivity contribution in [2.75, 3.05) is 18.9 Å². The normalized spacial score (nSPS) is 10.5. The standard InChI is InChI=1S/C17H16Cl3NO2S/c18-13-6-5-12(9-15(13)20)11-24-8-7-21-17(22)10-23-16-4-2-1-3-14(16)19/h1-6,9H,7-8,10-11H2,(H,21,22). The smallest absolute Gasteiger partial charge is 0.257 e. The molecule has 0 unspecified atom stereocenters. The minimum absolute atomic E-state index is 0.0544. The zero-order valence-corrected chi connectivity index (χ0v) is 15.8. The van der Waals surface area contributed by atoms with Crippen molar-refractivity contribution in [1.82, 2.24) is 5.32 Å². The molecule has 1 N–H and O–H groups in total. The molecule has 0 fully saturated rings. The van der Waals surface area contributed by atoms with E-state index in [2.05, 4.69) is 5.32 Å². The predicted octanol–water partition coefficient (Wildman–Crippen LogP) is 5.08. The fraction of sp³-hybridized carbons (Fsp3) is 0.235. The molecule has 0 bridgehead atoms. The first-order valence-corrected chi connectivity index (χ1v) is 9.51. The van der Waals surface area contributed by atoms with Gasteiger partial charge < -0.3 is 10.1 Å². The average Bonchev–Trinajstić information content (AvgIpc) is 2.57. The van der Waals surface area contributed by atoms with Gasteiger partial charge in [0.25, 0.3) is 5.91 Å². The lowest BCUT2D eigenvalue weighted by Crippen LogP contribution is -2.30. The average molecular weight is 405 g/mol. The Morgan fingerprint density at radius 2 is 1.83 bits per heavy atom. The van der Waals surface area contributed by atoms with Crippen LogP contribution in [0.5, 0.6) is 5.75 Å². The van der Waals surface area contributed by atoms with E-state index in [0.717, 1.165) is 17.1 Å². The molecule has 2 rings (SSSR count). The first-order valence-electron chi connectivity index (χ1n) is 7.22. The Labute approximate surface area is 160 Å². The van der Waals surface area contributed by atoms with Gasteiger partial charge in [-0.3, -0.25) is 4.79 Å². The zero-order valence-electron chi connectivity index (χ0n) is 12.7. The maximum Gasteiger partial charge on any atom is 0.257 e. The van der Waals surface area contributed by atoms with Crippen LogP contribution in [0.2, 0.25) is 15.1 Å². The lowest BCUT2D eigenvalue weighted by Gasteiger charge is -2.08. The summed E-state index contributed by atoms with van der Waals surface area (Å²) in [5.74, 6) is 1.93. The number of thioether (sulfide) groups is 1. The molecule has 3 nitrogen and oxygen atoms in total. The van der Waals surface area contributed by atoms with Gasteiger partial charge in [-0.25, -0.2) is 0 Å². The summed E-state index contributed by atoms with van der Waals surface area (Å²) >= 11 is 19.5. The summed E-state index contributed by atoms with van der Waals surface area (Å²) in [6, 6.07) is 12.6. The number of benzene rings is 2. The number of carbonyl (C=O) groups is 1. The van der Waals surface area contributed by atoms with Crippen LogP contribution < -0.4 is 10.1 Å². The second-order valence-corrected chi connectivity index (χ2v) is 7.20. The van der Waals surface area contributed by atoms with Crippen LogP contribution in [0.25, 0.3) is 0 Å². The summed E-state index contributed by atoms with van der Waals surface area (Å²) < 4.78 is 5.37. The fourth-order valence-electron chi connectivity index (χ4n) is 1.84. The lowest BCUT2D eigenvalue weighted by atomic mass is 10.2. The Morgan fingerprint density at radius 1 is 1.04 bits per heavy atom. The van der Waals surface area contributed by atoms with Gasteiger partial charge in [0.05, 0.1) is 15.1 Å². The maximum atomic E-state index is 11.7. The largest absolute Gasteiger partial charge is 0.482 e. The summed E-state index contributed by atoms with van der Waals surface area (Å²) in [5.41, 5.74) is 1.10. The van der Waals surface area contributed by atoms with Crippen molar-refractivity contribution in [3.63, 3.8) is 0 Å². The van der Waals surface area contributed by atoms with Crippen molar-refractivity contribution in [3.05, 3.63) is 63.1 Å². The van der Waals surface area contributed by atoms with E-state index in [1.165, 1.54) is 0 Å². The molecule has 0 saturated carbocycles. The second kappa shape index (κ2) is 10.0. The van der Waals surface area contributed by atoms with Gasteiger partial charge in [0.1, 0.15) is 5.75 Å². The quantitative estimate of drug-likeness (QED) is 0.624. The van der Waals surface area contributed by atoms with E-state index >= 15 is 0 Å². The minimum Gasteiger partial charge on any atom is -0.482 e. The van der Waals surface area contributed by atoms with Crippen molar-refractivity contribution in [3.8, 4) is 5.75 Å². The molecular formula is C17H16Cl3NO2S. The number of hydrogen-bond donors (Lipinski definition) is 1. The van der Waals surface area contributed by atoms with Gasteiger partial charge in [-0.1, -0.05) is 53.0 Å². The molecule has 0 aliphatic rings. The van der Waals surface area contributed by atoms with Gasteiger partial charge in [-0.2, -0.15) is 11.8 Å². The van der Waals surface area contributed by atoms with Gasteiger partial charge in [0.15, 0.2) is 6.61 Å². The number of hydrogen-bond acceptors (Lipinski definition) is 3. The third kappa shape index (κ3) is 6.44. The van der Waals surface area contributed by atoms with Crippen LogP contribution in [0.15, 0.2) is 42.5 Å². The Morgan fingerprint density at radius 3 is 2.58 bits per heavy atom. The Bertz CT molecular complexity index is 697. The Balaban J connectivity index is 1.61. The maximum absolute atomic E-state index is 11.7. The molecule has 2 aromatic carbocycles. The highest BCUT2D eigenvalue weighted by molar-refractivity contribution is 7.98. The van der Waals surface area contributed by atoms with E-state index < -0.39 is 0 Å². The molecule has 0 aliphatic carbocycles. The number of halogens is 3. The SMILES string of the molecule is O=C(COc1ccccc1Cl)NCCSCc1ccc(Cl)c(Cl)c1. The van der Waals surface area contributed by atoms with E-state index in [1.807, 2.05) is 12.1 Å². The number of nitrogens with one attached hydrogen (secondary N) is 1. The Kier molecular flexibility index (Phi) is 8.06. The van der Waals surface area contributed by atoms with Gasteiger partial charge >= 0.3 is 0 Å². The molecule has 2 aromatic rings. The van der Waals surface area contributed by atoms with Crippen LogP contribution in [0.4, 0.5) is 0 Å². The number of amides is 1. The summed E-state index contributed by atoms with van der Waals surface area (Å²) in [4.78, 5) is 11.7. The third-order valence-electron chi connectivity index (χ3n) is 3.02. The molecule has 0 radical (unpaired) electrons. The predicted molar refractivity (Wildman–Crippen MR) is 103 cm³/mol. The number of para-hydroxylation sites is 1. The van der Waals surface area contributed by atoms with Gasteiger partial charge in [-0.05, 0) is 29.8 Å². The third-order valence-corrected chi connectivity index (χ3v) is 5.10. The van der Waals surface area contributed by atoms with Crippen LogP contribution in [-0.4, -0.2) is 24.8 Å². The van der Waals surface area contributed by atoms with Crippen LogP contribution in [0.1, 0.15) is 5.56 Å². The molecule has 0 atom stereocenters. The van der Waals surface area contributed by atoms with Crippen LogP contribution in [-0.2, 0) is 10.5 Å². The molecular weight excluding hydrogens is 389 g/mol. The number of carbonyl (C=O) groups excluding carboxylic acids is 1. The second-order valence-electron chi connectivity index (χ2n) is 4.87. The highest BCUT2D eigenvalue weighted by Gasteiger charge is 2.05. The fourth-order valence-corrected chi connectivity index (χ4v) is 3.16. The summed E-state index contributed by atoms with van der Waals surface area (Å²) in [7, 11) is 0. The number of ether oxygens (including phenoxy) is 1. The topological polar surface area (TPSA) is 38.3 Å². The van der Waals surface area contributed by atoms with Crippen molar-refractivity contribution in [2.45, 2.75) is 5.75 Å². The summed E-state index contributed by atoms with van der Waals surface area (Å²) in [6.45, 7) is 0.512. The van der Waals surface area contributed by atoms with Crippen LogP contribution in [0.3, 0.4) is 0 Å². The summed E-state index contributed by atoms with van der Waals surface area (Å²) in [5, 5.41) is 4.40. The van der Waals surface area contributed by atoms with Crippen LogP contribution in [0, 0.1) is 0 Å². The highest BCUT2D eigenvalue weighted by Crippen LogP contribution is 2.24. The van der Waals surface area contributed by atoms with E-state index in [9.17, 15) is 4.79 Å². The molecule has 7 heteroatoms. The number of rotatable bonds is 8. The molecule has 1 amide bonds. The molecule has 0 aliphatic heterocycles. The van der Waals surface area contributed by atoms with Crippen molar-refractivity contribution in [1.29, 1.82) is 0 Å². The highest BCUT2D eigenvalue weighted by atomic mass is 35.5. The molecule has 0 spiro atoms. The van der Waals surface area contributed by atoms with E-state index in [4.69, 9.17) is 39.5 Å². The molecule has 0 heterocycles. The molecule has 24 heavy (non-hydrogen) atoms. The minimum atomic E-state index is -0.176.